The van der Waals surface area contributed by atoms with Crippen LogP contribution in [0.25, 0.3) is 0 Å². The molecule has 0 aliphatic carbocycles. The van der Waals surface area contributed by atoms with Gasteiger partial charge in [-0.2, -0.15) is 29.2 Å². The fourth-order valence-electron chi connectivity index (χ4n) is 1.19. The fraction of sp³-hybridized carbons (Fsp3) is 0.900. The third kappa shape index (κ3) is 7.73. The Morgan fingerprint density at radius 2 is 2.11 bits per heavy atom. The van der Waals surface area contributed by atoms with Crippen LogP contribution in [0.15, 0.2) is 0 Å². The third-order valence-corrected chi connectivity index (χ3v) is 4.78. The van der Waals surface area contributed by atoms with Gasteiger partial charge in [0, 0.05) is 25.9 Å². The fourth-order valence-corrected chi connectivity index (χ4v) is 2.96. The Hall–Kier alpha value is -0.350. The summed E-state index contributed by atoms with van der Waals surface area (Å²) in [6.07, 6.45) is 1.81. The van der Waals surface area contributed by atoms with Gasteiger partial charge in [0.15, 0.2) is 0 Å². The van der Waals surface area contributed by atoms with Gasteiger partial charge in [-0.25, -0.2) is 0 Å². The number of methoxy groups -OCH3 is 1. The van der Waals surface area contributed by atoms with Crippen molar-refractivity contribution < 1.29 is 23.1 Å². The summed E-state index contributed by atoms with van der Waals surface area (Å²) in [6.45, 7) is 1.49. The third-order valence-electron chi connectivity index (χ3n) is 2.36. The lowest BCUT2D eigenvalue weighted by molar-refractivity contribution is -0.140. The smallest absolute Gasteiger partial charge is 0.306 e. The highest BCUT2D eigenvalue weighted by Crippen LogP contribution is 2.10. The van der Waals surface area contributed by atoms with Crippen molar-refractivity contribution in [1.29, 1.82) is 0 Å². The summed E-state index contributed by atoms with van der Waals surface area (Å²) in [7, 11) is -1.11. The summed E-state index contributed by atoms with van der Waals surface area (Å²) in [5.41, 5.74) is -1.12. The summed E-state index contributed by atoms with van der Waals surface area (Å²) in [6, 6.07) is 0. The molecule has 0 radical (unpaired) electrons. The van der Waals surface area contributed by atoms with Crippen molar-refractivity contribution in [3.05, 3.63) is 0 Å². The largest absolute Gasteiger partial charge is 0.469 e. The van der Waals surface area contributed by atoms with E-state index in [-0.39, 0.29) is 19.5 Å². The van der Waals surface area contributed by atoms with Crippen LogP contribution in [-0.2, 0) is 19.7 Å². The van der Waals surface area contributed by atoms with Crippen molar-refractivity contribution in [2.75, 3.05) is 39.3 Å². The second-order valence-corrected chi connectivity index (χ2v) is 7.13. The summed E-state index contributed by atoms with van der Waals surface area (Å²) < 4.78 is 31.4. The van der Waals surface area contributed by atoms with E-state index < -0.39 is 21.8 Å². The van der Waals surface area contributed by atoms with E-state index in [9.17, 15) is 18.3 Å². The molecular weight excluding hydrogens is 292 g/mol. The van der Waals surface area contributed by atoms with Crippen LogP contribution in [0.1, 0.15) is 13.3 Å². The minimum Gasteiger partial charge on any atom is -0.469 e. The van der Waals surface area contributed by atoms with Crippen LogP contribution in [0.5, 0.6) is 0 Å². The quantitative estimate of drug-likeness (QED) is 0.553. The average Bonchev–Trinajstić information content (AvgIpc) is 2.33. The lowest BCUT2D eigenvalue weighted by Crippen LogP contribution is -2.47. The molecule has 0 saturated heterocycles. The first kappa shape index (κ1) is 18.7. The highest BCUT2D eigenvalue weighted by atomic mass is 32.2. The number of carbonyl (C=O) groups excluding carboxylic acids is 1. The van der Waals surface area contributed by atoms with Crippen LogP contribution in [0.2, 0.25) is 0 Å². The number of hydrogen-bond acceptors (Lipinski definition) is 6. The molecule has 0 spiro atoms. The van der Waals surface area contributed by atoms with Crippen LogP contribution < -0.4 is 4.72 Å². The van der Waals surface area contributed by atoms with Gasteiger partial charge >= 0.3 is 5.97 Å². The topological polar surface area (TPSA) is 95.9 Å². The molecule has 0 aromatic rings. The number of rotatable bonds is 9. The van der Waals surface area contributed by atoms with E-state index in [0.29, 0.717) is 5.75 Å². The summed E-state index contributed by atoms with van der Waals surface area (Å²) in [5, 5.41) is 9.88. The number of nitrogens with zero attached hydrogens (tertiary/aromatic N) is 1. The molecule has 0 bridgehead atoms. The van der Waals surface area contributed by atoms with Crippen molar-refractivity contribution in [3.63, 3.8) is 0 Å². The van der Waals surface area contributed by atoms with E-state index in [4.69, 9.17) is 0 Å². The van der Waals surface area contributed by atoms with Crippen LogP contribution in [0.4, 0.5) is 0 Å². The standard InChI is InChI=1S/C10H22N2O5S2/c1-10(14,8-18-4)7-11-19(15,16)12(2)6-5-9(13)17-3/h11,14H,5-8H2,1-4H3. The number of carbonyl (C=O) groups is 1. The van der Waals surface area contributed by atoms with E-state index in [0.717, 1.165) is 4.31 Å². The SMILES string of the molecule is COC(=O)CCN(C)S(=O)(=O)NCC(C)(O)CSC. The van der Waals surface area contributed by atoms with Crippen LogP contribution in [0, 0.1) is 0 Å². The van der Waals surface area contributed by atoms with E-state index in [1.54, 1.807) is 6.92 Å². The monoisotopic (exact) mass is 314 g/mol. The molecule has 0 saturated carbocycles. The lowest BCUT2D eigenvalue weighted by atomic mass is 10.1. The zero-order valence-corrected chi connectivity index (χ0v) is 13.3. The Bertz CT molecular complexity index is 383. The Kier molecular flexibility index (Phi) is 7.90. The van der Waals surface area contributed by atoms with E-state index in [1.807, 2.05) is 6.26 Å². The summed E-state index contributed by atoms with van der Waals surface area (Å²) in [4.78, 5) is 10.9. The van der Waals surface area contributed by atoms with Gasteiger partial charge in [0.2, 0.25) is 0 Å². The summed E-state index contributed by atoms with van der Waals surface area (Å²) in [5.74, 6) is -0.0575. The van der Waals surface area contributed by atoms with Gasteiger partial charge in [0.05, 0.1) is 19.1 Å². The zero-order chi connectivity index (χ0) is 15.1. The van der Waals surface area contributed by atoms with Gasteiger partial charge in [0.25, 0.3) is 10.2 Å². The maximum absolute atomic E-state index is 11.8. The van der Waals surface area contributed by atoms with Crippen molar-refractivity contribution in [2.45, 2.75) is 18.9 Å². The number of nitrogens with one attached hydrogen (secondary N) is 1. The van der Waals surface area contributed by atoms with Gasteiger partial charge in [-0.1, -0.05) is 0 Å². The molecule has 9 heteroatoms. The molecule has 0 aliphatic heterocycles. The first-order valence-electron chi connectivity index (χ1n) is 5.63. The molecule has 2 N–H and O–H groups in total. The predicted octanol–water partition coefficient (Wildman–Crippen LogP) is -0.570. The van der Waals surface area contributed by atoms with Crippen molar-refractivity contribution >= 4 is 27.9 Å². The van der Waals surface area contributed by atoms with E-state index >= 15 is 0 Å². The van der Waals surface area contributed by atoms with Crippen molar-refractivity contribution in [3.8, 4) is 0 Å². The summed E-state index contributed by atoms with van der Waals surface area (Å²) >= 11 is 1.43. The lowest BCUT2D eigenvalue weighted by Gasteiger charge is -2.24. The maximum Gasteiger partial charge on any atom is 0.306 e. The number of thioether (sulfide) groups is 1. The van der Waals surface area contributed by atoms with Gasteiger partial charge in [0.1, 0.15) is 0 Å². The van der Waals surface area contributed by atoms with E-state index in [2.05, 4.69) is 9.46 Å². The molecule has 0 aromatic heterocycles. The van der Waals surface area contributed by atoms with Crippen LogP contribution >= 0.6 is 11.8 Å². The molecular formula is C10H22N2O5S2. The molecule has 114 valence electrons. The molecule has 0 fully saturated rings. The van der Waals surface area contributed by atoms with Crippen LogP contribution in [0.3, 0.4) is 0 Å². The highest BCUT2D eigenvalue weighted by molar-refractivity contribution is 7.98. The molecule has 0 rings (SSSR count). The molecule has 1 unspecified atom stereocenters. The molecule has 7 nitrogen and oxygen atoms in total. The second kappa shape index (κ2) is 8.05. The van der Waals surface area contributed by atoms with Gasteiger partial charge < -0.3 is 9.84 Å². The molecule has 0 amide bonds. The van der Waals surface area contributed by atoms with Crippen LogP contribution in [-0.4, -0.2) is 68.7 Å². The Morgan fingerprint density at radius 3 is 2.58 bits per heavy atom. The molecule has 0 aliphatic rings. The van der Waals surface area contributed by atoms with Crippen molar-refractivity contribution in [2.24, 2.45) is 0 Å². The maximum atomic E-state index is 11.8. The van der Waals surface area contributed by atoms with Gasteiger partial charge in [-0.05, 0) is 13.2 Å². The van der Waals surface area contributed by atoms with Gasteiger partial charge in [-0.3, -0.25) is 4.79 Å². The minimum atomic E-state index is -3.71. The molecule has 0 aromatic carbocycles. The predicted molar refractivity (Wildman–Crippen MR) is 75.2 cm³/mol. The first-order valence-corrected chi connectivity index (χ1v) is 8.47. The average molecular weight is 314 g/mol. The Morgan fingerprint density at radius 1 is 1.53 bits per heavy atom. The van der Waals surface area contributed by atoms with Gasteiger partial charge in [-0.15, -0.1) is 0 Å². The zero-order valence-electron chi connectivity index (χ0n) is 11.7. The molecule has 19 heavy (non-hydrogen) atoms. The minimum absolute atomic E-state index is 0.0187. The normalized spacial score (nSPS) is 15.3. The number of aliphatic hydroxyl groups is 1. The second-order valence-electron chi connectivity index (χ2n) is 4.40. The van der Waals surface area contributed by atoms with E-state index in [1.165, 1.54) is 25.9 Å². The molecule has 0 heterocycles. The Labute approximate surface area is 118 Å². The Balaban J connectivity index is 4.34. The number of esters is 1. The number of ether oxygens (including phenoxy) is 1. The highest BCUT2D eigenvalue weighted by Gasteiger charge is 2.25. The first-order chi connectivity index (χ1) is 8.64. The molecule has 1 atom stereocenters. The van der Waals surface area contributed by atoms with Crippen molar-refractivity contribution in [1.82, 2.24) is 9.03 Å². The number of hydrogen-bond donors (Lipinski definition) is 2.